The normalized spacial score (nSPS) is 15.7. The Kier molecular flexibility index (Phi) is 9.99. The molecule has 0 radical (unpaired) electrons. The molecule has 3 rings (SSSR count). The second kappa shape index (κ2) is 12.5. The predicted octanol–water partition coefficient (Wildman–Crippen LogP) is 5.37. The van der Waals surface area contributed by atoms with Crippen LogP contribution in [0.4, 0.5) is 0 Å². The van der Waals surface area contributed by atoms with Gasteiger partial charge in [0, 0.05) is 40.5 Å². The number of nitrogens with zero attached hydrogens (tertiary/aromatic N) is 2. The number of aromatic nitrogens is 1. The molecule has 158 valence electrons. The zero-order valence-electron chi connectivity index (χ0n) is 18.6. The number of allylic oxidation sites excluding steroid dienone is 2. The average molecular weight is 412 g/mol. The van der Waals surface area contributed by atoms with Crippen LogP contribution in [0.3, 0.4) is 0 Å². The lowest BCUT2D eigenvalue weighted by Crippen LogP contribution is -2.35. The highest BCUT2D eigenvalue weighted by Crippen LogP contribution is 2.19. The summed E-state index contributed by atoms with van der Waals surface area (Å²) in [5, 5.41) is 13.2. The molecule has 2 aromatic heterocycles. The van der Waals surface area contributed by atoms with Crippen LogP contribution >= 0.6 is 11.3 Å². The van der Waals surface area contributed by atoms with E-state index in [-0.39, 0.29) is 0 Å². The number of likely N-dealkylation sites (tertiary alicyclic amines) is 1. The van der Waals surface area contributed by atoms with Gasteiger partial charge >= 0.3 is 0 Å². The number of piperidine rings is 1. The summed E-state index contributed by atoms with van der Waals surface area (Å²) in [7, 11) is 0. The lowest BCUT2D eigenvalue weighted by Gasteiger charge is -2.28. The Morgan fingerprint density at radius 2 is 1.97 bits per heavy atom. The molecule has 29 heavy (non-hydrogen) atoms. The van der Waals surface area contributed by atoms with E-state index in [1.54, 1.807) is 11.3 Å². The Morgan fingerprint density at radius 1 is 1.21 bits per heavy atom. The predicted molar refractivity (Wildman–Crippen MR) is 129 cm³/mol. The van der Waals surface area contributed by atoms with Crippen molar-refractivity contribution in [2.75, 3.05) is 13.1 Å². The number of hydrogen-bond donors (Lipinski definition) is 1. The average Bonchev–Trinajstić information content (AvgIpc) is 3.40. The Bertz CT molecular complexity index is 895. The highest BCUT2D eigenvalue weighted by molar-refractivity contribution is 7.10. The quantitative estimate of drug-likeness (QED) is 0.503. The van der Waals surface area contributed by atoms with Crippen molar-refractivity contribution in [2.24, 2.45) is 0 Å². The third-order valence-corrected chi connectivity index (χ3v) is 6.04. The first-order valence-corrected chi connectivity index (χ1v) is 12.0. The van der Waals surface area contributed by atoms with Crippen molar-refractivity contribution in [1.82, 2.24) is 9.47 Å². The molecule has 1 fully saturated rings. The molecule has 3 heterocycles. The first-order valence-electron chi connectivity index (χ1n) is 11.1. The molecule has 4 heteroatoms. The minimum absolute atomic E-state index is 0.696. The van der Waals surface area contributed by atoms with Crippen molar-refractivity contribution >= 4 is 29.3 Å². The van der Waals surface area contributed by atoms with E-state index in [1.807, 2.05) is 13.8 Å². The SMILES string of the molecule is C/C=c1/ccn(Cc2cc(C(=N)N3CCCCC3)cs2)/c1=C/C=C\CCC.CC. The standard InChI is InChI=1S/C23H31N3S.C2H6/c1-3-5-6-8-11-22-19(4-2)12-15-26(22)17-21-16-20(18-27-21)23(24)25-13-9-7-10-14-25;1-2/h4,6,8,11-12,15-16,18,24H,3,5,7,9-10,13-14,17H2,1-2H3;1-2H3/b8-6-,19-4-,22-11+,24-23?;. The van der Waals surface area contributed by atoms with Crippen LogP contribution in [0.25, 0.3) is 12.2 Å². The third-order valence-electron chi connectivity index (χ3n) is 5.12. The summed E-state index contributed by atoms with van der Waals surface area (Å²) in [6.07, 6.45) is 17.0. The van der Waals surface area contributed by atoms with E-state index in [9.17, 15) is 0 Å². The Hall–Kier alpha value is -2.07. The topological polar surface area (TPSA) is 32.0 Å². The molecule has 2 aromatic rings. The minimum Gasteiger partial charge on any atom is -0.357 e. The lowest BCUT2D eigenvalue weighted by atomic mass is 10.1. The maximum atomic E-state index is 8.53. The molecule has 0 unspecified atom stereocenters. The summed E-state index contributed by atoms with van der Waals surface area (Å²) in [5.74, 6) is 0.696. The summed E-state index contributed by atoms with van der Waals surface area (Å²) in [6, 6.07) is 4.39. The first-order chi connectivity index (χ1) is 14.2. The number of nitrogens with one attached hydrogen (secondary N) is 1. The Labute approximate surface area is 180 Å². The van der Waals surface area contributed by atoms with Gasteiger partial charge in [-0.2, -0.15) is 0 Å². The fourth-order valence-corrected chi connectivity index (χ4v) is 4.42. The summed E-state index contributed by atoms with van der Waals surface area (Å²) in [5.41, 5.74) is 1.07. The molecule has 0 saturated carbocycles. The maximum absolute atomic E-state index is 8.53. The summed E-state index contributed by atoms with van der Waals surface area (Å²) < 4.78 is 2.31. The number of unbranched alkanes of at least 4 members (excludes halogenated alkanes) is 1. The van der Waals surface area contributed by atoms with Gasteiger partial charge in [0.25, 0.3) is 0 Å². The third kappa shape index (κ3) is 6.46. The second-order valence-corrected chi connectivity index (χ2v) is 8.15. The van der Waals surface area contributed by atoms with E-state index in [4.69, 9.17) is 5.41 Å². The van der Waals surface area contributed by atoms with Crippen LogP contribution in [0, 0.1) is 5.41 Å². The zero-order chi connectivity index (χ0) is 21.1. The molecule has 0 aliphatic carbocycles. The fraction of sp³-hybridized carbons (Fsp3) is 0.480. The highest BCUT2D eigenvalue weighted by atomic mass is 32.1. The Morgan fingerprint density at radius 3 is 2.66 bits per heavy atom. The highest BCUT2D eigenvalue weighted by Gasteiger charge is 2.16. The molecular formula is C25H37N3S. The molecule has 1 aliphatic rings. The molecule has 0 amide bonds. The Balaban J connectivity index is 0.00000145. The van der Waals surface area contributed by atoms with Gasteiger partial charge < -0.3 is 9.47 Å². The summed E-state index contributed by atoms with van der Waals surface area (Å²) in [6.45, 7) is 11.2. The van der Waals surface area contributed by atoms with Crippen LogP contribution < -0.4 is 10.6 Å². The first kappa shape index (κ1) is 23.2. The van der Waals surface area contributed by atoms with Gasteiger partial charge in [0.2, 0.25) is 0 Å². The van der Waals surface area contributed by atoms with Crippen molar-refractivity contribution in [3.8, 4) is 0 Å². The van der Waals surface area contributed by atoms with Gasteiger partial charge in [-0.15, -0.1) is 11.3 Å². The smallest absolute Gasteiger partial charge is 0.128 e. The molecule has 0 bridgehead atoms. The van der Waals surface area contributed by atoms with E-state index in [0.29, 0.717) is 5.84 Å². The second-order valence-electron chi connectivity index (χ2n) is 7.15. The number of hydrogen-bond acceptors (Lipinski definition) is 2. The van der Waals surface area contributed by atoms with Crippen LogP contribution in [0.1, 0.15) is 70.2 Å². The van der Waals surface area contributed by atoms with Gasteiger partial charge in [-0.25, -0.2) is 0 Å². The molecule has 0 aromatic carbocycles. The van der Waals surface area contributed by atoms with Crippen LogP contribution in [-0.2, 0) is 6.54 Å². The van der Waals surface area contributed by atoms with E-state index in [2.05, 4.69) is 71.3 Å². The molecule has 3 nitrogen and oxygen atoms in total. The van der Waals surface area contributed by atoms with Crippen molar-refractivity contribution < 1.29 is 0 Å². The molecule has 1 N–H and O–H groups in total. The fourth-order valence-electron chi connectivity index (χ4n) is 3.55. The molecule has 0 atom stereocenters. The van der Waals surface area contributed by atoms with Gasteiger partial charge in [0.1, 0.15) is 5.84 Å². The van der Waals surface area contributed by atoms with Gasteiger partial charge in [-0.1, -0.05) is 45.4 Å². The van der Waals surface area contributed by atoms with E-state index >= 15 is 0 Å². The van der Waals surface area contributed by atoms with Crippen LogP contribution in [-0.4, -0.2) is 28.4 Å². The van der Waals surface area contributed by atoms with Gasteiger partial charge in [-0.05, 0) is 56.0 Å². The molecule has 1 aliphatic heterocycles. The van der Waals surface area contributed by atoms with Gasteiger partial charge in [-0.3, -0.25) is 5.41 Å². The minimum atomic E-state index is 0.696. The van der Waals surface area contributed by atoms with Crippen molar-refractivity contribution in [3.05, 3.63) is 56.9 Å². The van der Waals surface area contributed by atoms with Crippen LogP contribution in [0.5, 0.6) is 0 Å². The van der Waals surface area contributed by atoms with Crippen molar-refractivity contribution in [1.29, 1.82) is 5.41 Å². The number of rotatable bonds is 6. The summed E-state index contributed by atoms with van der Waals surface area (Å²) in [4.78, 5) is 3.53. The lowest BCUT2D eigenvalue weighted by molar-refractivity contribution is 0.341. The molecule has 1 saturated heterocycles. The van der Waals surface area contributed by atoms with E-state index in [0.717, 1.165) is 31.6 Å². The van der Waals surface area contributed by atoms with Crippen molar-refractivity contribution in [2.45, 2.75) is 66.3 Å². The number of thiophene rings is 1. The van der Waals surface area contributed by atoms with Gasteiger partial charge in [0.05, 0.1) is 6.54 Å². The summed E-state index contributed by atoms with van der Waals surface area (Å²) >= 11 is 1.76. The molecule has 0 spiro atoms. The number of amidine groups is 1. The van der Waals surface area contributed by atoms with Gasteiger partial charge in [0.15, 0.2) is 0 Å². The monoisotopic (exact) mass is 411 g/mol. The maximum Gasteiger partial charge on any atom is 0.128 e. The van der Waals surface area contributed by atoms with Crippen LogP contribution in [0.15, 0.2) is 35.9 Å². The zero-order valence-corrected chi connectivity index (χ0v) is 19.4. The van der Waals surface area contributed by atoms with E-state index < -0.39 is 0 Å². The van der Waals surface area contributed by atoms with E-state index in [1.165, 1.54) is 41.1 Å². The molecular weight excluding hydrogens is 374 g/mol. The van der Waals surface area contributed by atoms with Crippen LogP contribution in [0.2, 0.25) is 0 Å². The largest absolute Gasteiger partial charge is 0.357 e. The van der Waals surface area contributed by atoms with Crippen molar-refractivity contribution in [3.63, 3.8) is 0 Å².